The summed E-state index contributed by atoms with van der Waals surface area (Å²) in [6, 6.07) is 0. The van der Waals surface area contributed by atoms with Gasteiger partial charge in [0.15, 0.2) is 0 Å². The number of hydrogen-bond acceptors (Lipinski definition) is 3. The molecule has 0 bridgehead atoms. The number of hydrogen-bond donors (Lipinski definition) is 3. The van der Waals surface area contributed by atoms with E-state index in [1.807, 2.05) is 6.92 Å². The minimum atomic E-state index is -0.366. The molecule has 7 heavy (non-hydrogen) atoms. The first kappa shape index (κ1) is 5.03. The zero-order valence-electron chi connectivity index (χ0n) is 4.26. The van der Waals surface area contributed by atoms with E-state index in [9.17, 15) is 0 Å². The van der Waals surface area contributed by atoms with E-state index in [4.69, 9.17) is 10.8 Å². The average Bonchev–Trinajstić information content (AvgIpc) is 1.68. The third kappa shape index (κ3) is 0.627. The summed E-state index contributed by atoms with van der Waals surface area (Å²) < 4.78 is 0. The zero-order valence-corrected chi connectivity index (χ0v) is 4.26. The first-order valence-corrected chi connectivity index (χ1v) is 2.41. The Hall–Kier alpha value is -0.120. The Bertz CT molecular complexity index is 68.1. The molecule has 3 nitrogen and oxygen atoms in total. The molecule has 42 valence electrons. The SMILES string of the molecule is CC1C(N)NC1O. The lowest BCUT2D eigenvalue weighted by atomic mass is 9.99. The van der Waals surface area contributed by atoms with Gasteiger partial charge in [0.1, 0.15) is 6.23 Å². The second kappa shape index (κ2) is 1.43. The van der Waals surface area contributed by atoms with Gasteiger partial charge in [0.2, 0.25) is 0 Å². The predicted octanol–water partition coefficient (Wildman–Crippen LogP) is -1.17. The topological polar surface area (TPSA) is 58.3 Å². The molecule has 0 spiro atoms. The molecule has 4 N–H and O–H groups in total. The van der Waals surface area contributed by atoms with Crippen molar-refractivity contribution in [2.24, 2.45) is 11.7 Å². The van der Waals surface area contributed by atoms with E-state index < -0.39 is 0 Å². The monoisotopic (exact) mass is 102 g/mol. The van der Waals surface area contributed by atoms with Gasteiger partial charge < -0.3 is 10.8 Å². The van der Waals surface area contributed by atoms with E-state index in [0.717, 1.165) is 0 Å². The van der Waals surface area contributed by atoms with Crippen LogP contribution in [0.15, 0.2) is 0 Å². The van der Waals surface area contributed by atoms with E-state index in [2.05, 4.69) is 5.32 Å². The molecule has 0 radical (unpaired) electrons. The van der Waals surface area contributed by atoms with Crippen LogP contribution in [-0.2, 0) is 0 Å². The van der Waals surface area contributed by atoms with Crippen LogP contribution in [0.25, 0.3) is 0 Å². The largest absolute Gasteiger partial charge is 0.378 e. The number of aliphatic hydroxyl groups excluding tert-OH is 1. The fourth-order valence-corrected chi connectivity index (χ4v) is 0.579. The number of nitrogens with two attached hydrogens (primary N) is 1. The molecule has 0 aromatic heterocycles. The lowest BCUT2D eigenvalue weighted by Crippen LogP contribution is -2.64. The lowest BCUT2D eigenvalue weighted by Gasteiger charge is -2.37. The molecule has 0 saturated carbocycles. The highest BCUT2D eigenvalue weighted by Crippen LogP contribution is 2.12. The summed E-state index contributed by atoms with van der Waals surface area (Å²) in [7, 11) is 0. The van der Waals surface area contributed by atoms with Gasteiger partial charge in [-0.25, -0.2) is 0 Å². The van der Waals surface area contributed by atoms with Gasteiger partial charge in [-0.3, -0.25) is 5.32 Å². The molecule has 0 aromatic rings. The molecule has 3 heteroatoms. The van der Waals surface area contributed by atoms with Crippen molar-refractivity contribution in [3.05, 3.63) is 0 Å². The summed E-state index contributed by atoms with van der Waals surface area (Å²) in [5.41, 5.74) is 5.34. The average molecular weight is 102 g/mol. The van der Waals surface area contributed by atoms with Gasteiger partial charge in [-0.05, 0) is 0 Å². The highest BCUT2D eigenvalue weighted by Gasteiger charge is 2.31. The van der Waals surface area contributed by atoms with Crippen molar-refractivity contribution >= 4 is 0 Å². The van der Waals surface area contributed by atoms with Crippen molar-refractivity contribution in [2.45, 2.75) is 19.3 Å². The van der Waals surface area contributed by atoms with Crippen LogP contribution < -0.4 is 11.1 Å². The number of rotatable bonds is 0. The van der Waals surface area contributed by atoms with Crippen LogP contribution in [0.2, 0.25) is 0 Å². The standard InChI is InChI=1S/C4H10N2O/c1-2-3(5)6-4(2)7/h2-4,6-7H,5H2,1H3. The summed E-state index contributed by atoms with van der Waals surface area (Å²) in [6.07, 6.45) is -0.356. The fourth-order valence-electron chi connectivity index (χ4n) is 0.579. The van der Waals surface area contributed by atoms with Gasteiger partial charge in [0, 0.05) is 5.92 Å². The van der Waals surface area contributed by atoms with Crippen molar-refractivity contribution < 1.29 is 5.11 Å². The maximum Gasteiger partial charge on any atom is 0.111 e. The lowest BCUT2D eigenvalue weighted by molar-refractivity contribution is -0.0243. The van der Waals surface area contributed by atoms with Crippen LogP contribution >= 0.6 is 0 Å². The van der Waals surface area contributed by atoms with Gasteiger partial charge >= 0.3 is 0 Å². The summed E-state index contributed by atoms with van der Waals surface area (Å²) in [5.74, 6) is 0.222. The van der Waals surface area contributed by atoms with Crippen molar-refractivity contribution in [1.82, 2.24) is 5.32 Å². The van der Waals surface area contributed by atoms with Gasteiger partial charge in [0.05, 0.1) is 6.17 Å². The second-order valence-electron chi connectivity index (χ2n) is 2.00. The molecular formula is C4H10N2O. The molecule has 1 aliphatic heterocycles. The molecule has 1 saturated heterocycles. The van der Waals surface area contributed by atoms with Gasteiger partial charge in [-0.2, -0.15) is 0 Å². The maximum absolute atomic E-state index is 8.70. The normalized spacial score (nSPS) is 51.0. The molecule has 1 fully saturated rings. The van der Waals surface area contributed by atoms with Crippen LogP contribution in [0.4, 0.5) is 0 Å². The Morgan fingerprint density at radius 3 is 2.29 bits per heavy atom. The van der Waals surface area contributed by atoms with E-state index in [1.165, 1.54) is 0 Å². The summed E-state index contributed by atoms with van der Waals surface area (Å²) >= 11 is 0. The highest BCUT2D eigenvalue weighted by atomic mass is 16.3. The number of nitrogens with one attached hydrogen (secondary N) is 1. The third-order valence-electron chi connectivity index (χ3n) is 1.43. The Kier molecular flexibility index (Phi) is 1.03. The maximum atomic E-state index is 8.70. The molecule has 1 aliphatic rings. The minimum Gasteiger partial charge on any atom is -0.378 e. The molecule has 3 unspecified atom stereocenters. The van der Waals surface area contributed by atoms with E-state index in [0.29, 0.717) is 0 Å². The van der Waals surface area contributed by atoms with Crippen LogP contribution in [-0.4, -0.2) is 17.5 Å². The Labute approximate surface area is 42.5 Å². The third-order valence-corrected chi connectivity index (χ3v) is 1.43. The van der Waals surface area contributed by atoms with Gasteiger partial charge in [-0.15, -0.1) is 0 Å². The molecule has 0 amide bonds. The van der Waals surface area contributed by atoms with Crippen molar-refractivity contribution in [3.63, 3.8) is 0 Å². The minimum absolute atomic E-state index is 0.00926. The Morgan fingerprint density at radius 2 is 2.29 bits per heavy atom. The molecule has 3 atom stereocenters. The zero-order chi connectivity index (χ0) is 5.44. The fraction of sp³-hybridized carbons (Fsp3) is 1.00. The molecule has 0 aliphatic carbocycles. The number of aliphatic hydroxyl groups is 1. The van der Waals surface area contributed by atoms with Crippen LogP contribution in [0.3, 0.4) is 0 Å². The summed E-state index contributed by atoms with van der Waals surface area (Å²) in [6.45, 7) is 1.91. The molecule has 0 aromatic carbocycles. The highest BCUT2D eigenvalue weighted by molar-refractivity contribution is 4.83. The summed E-state index contributed by atoms with van der Waals surface area (Å²) in [4.78, 5) is 0. The summed E-state index contributed by atoms with van der Waals surface area (Å²) in [5, 5.41) is 11.4. The molecule has 1 heterocycles. The quantitative estimate of drug-likeness (QED) is 0.361. The molecule has 1 rings (SSSR count). The van der Waals surface area contributed by atoms with Crippen LogP contribution in [0, 0.1) is 5.92 Å². The van der Waals surface area contributed by atoms with Gasteiger partial charge in [0.25, 0.3) is 0 Å². The van der Waals surface area contributed by atoms with Crippen molar-refractivity contribution in [2.75, 3.05) is 0 Å². The molecular weight excluding hydrogens is 92.1 g/mol. The van der Waals surface area contributed by atoms with E-state index in [-0.39, 0.29) is 18.3 Å². The first-order valence-electron chi connectivity index (χ1n) is 2.41. The smallest absolute Gasteiger partial charge is 0.111 e. The Morgan fingerprint density at radius 1 is 1.71 bits per heavy atom. The van der Waals surface area contributed by atoms with E-state index >= 15 is 0 Å². The van der Waals surface area contributed by atoms with Gasteiger partial charge in [-0.1, -0.05) is 6.92 Å². The predicted molar refractivity (Wildman–Crippen MR) is 26.3 cm³/mol. The van der Waals surface area contributed by atoms with Crippen LogP contribution in [0.5, 0.6) is 0 Å². The van der Waals surface area contributed by atoms with Crippen LogP contribution in [0.1, 0.15) is 6.92 Å². The first-order chi connectivity index (χ1) is 3.22. The van der Waals surface area contributed by atoms with Crippen molar-refractivity contribution in [3.8, 4) is 0 Å². The Balaban J connectivity index is 2.29. The second-order valence-corrected chi connectivity index (χ2v) is 2.00. The van der Waals surface area contributed by atoms with E-state index in [1.54, 1.807) is 0 Å². The van der Waals surface area contributed by atoms with Crippen molar-refractivity contribution in [1.29, 1.82) is 0 Å².